The molecule has 0 aliphatic carbocycles. The molecule has 1 atom stereocenters. The number of amides is 2. The van der Waals surface area contributed by atoms with Crippen LogP contribution in [0.25, 0.3) is 0 Å². The quantitative estimate of drug-likeness (QED) is 0.655. The lowest BCUT2D eigenvalue weighted by molar-refractivity contribution is -0.126. The van der Waals surface area contributed by atoms with E-state index in [0.29, 0.717) is 18.0 Å². The standard InChI is InChI=1S/C15H21N3O2S/c1-10(2)8-17-12(19)9-18-15(20)13(14(16)21)11-6-4-3-5-7-11/h3-7,10,13H,8-9H2,1-2H3,(H2,16,21)(H,17,19)(H,18,20). The Balaban J connectivity index is 2.59. The lowest BCUT2D eigenvalue weighted by Gasteiger charge is -2.16. The average molecular weight is 307 g/mol. The van der Waals surface area contributed by atoms with Crippen molar-refractivity contribution in [2.24, 2.45) is 11.7 Å². The largest absolute Gasteiger partial charge is 0.392 e. The number of rotatable bonds is 7. The van der Waals surface area contributed by atoms with Crippen molar-refractivity contribution in [2.45, 2.75) is 19.8 Å². The Morgan fingerprint density at radius 3 is 2.33 bits per heavy atom. The second-order valence-electron chi connectivity index (χ2n) is 5.16. The first kappa shape index (κ1) is 17.1. The fraction of sp³-hybridized carbons (Fsp3) is 0.400. The molecule has 21 heavy (non-hydrogen) atoms. The van der Waals surface area contributed by atoms with Gasteiger partial charge in [0, 0.05) is 6.54 Å². The molecule has 6 heteroatoms. The van der Waals surface area contributed by atoms with Gasteiger partial charge in [-0.2, -0.15) is 0 Å². The van der Waals surface area contributed by atoms with E-state index in [0.717, 1.165) is 0 Å². The zero-order valence-corrected chi connectivity index (χ0v) is 13.1. The molecule has 0 bridgehead atoms. The molecule has 1 aromatic rings. The first-order chi connectivity index (χ1) is 9.91. The predicted octanol–water partition coefficient (Wildman–Crippen LogP) is 0.945. The van der Waals surface area contributed by atoms with Crippen LogP contribution in [0, 0.1) is 5.92 Å². The van der Waals surface area contributed by atoms with Gasteiger partial charge in [-0.05, 0) is 11.5 Å². The zero-order valence-electron chi connectivity index (χ0n) is 12.3. The SMILES string of the molecule is CC(C)CNC(=O)CNC(=O)C(C(N)=S)c1ccccc1. The Morgan fingerprint density at radius 1 is 1.19 bits per heavy atom. The summed E-state index contributed by atoms with van der Waals surface area (Å²) in [5.74, 6) is -0.961. The van der Waals surface area contributed by atoms with Gasteiger partial charge in [0.2, 0.25) is 11.8 Å². The van der Waals surface area contributed by atoms with Crippen LogP contribution in [0.4, 0.5) is 0 Å². The molecule has 4 N–H and O–H groups in total. The van der Waals surface area contributed by atoms with Crippen LogP contribution in [0.15, 0.2) is 30.3 Å². The van der Waals surface area contributed by atoms with E-state index in [1.54, 1.807) is 12.1 Å². The zero-order chi connectivity index (χ0) is 15.8. The van der Waals surface area contributed by atoms with Gasteiger partial charge in [0.25, 0.3) is 0 Å². The summed E-state index contributed by atoms with van der Waals surface area (Å²) in [6, 6.07) is 9.02. The highest BCUT2D eigenvalue weighted by molar-refractivity contribution is 7.80. The Hall–Kier alpha value is -1.95. The molecular formula is C15H21N3O2S. The van der Waals surface area contributed by atoms with E-state index in [1.165, 1.54) is 0 Å². The molecule has 0 aliphatic heterocycles. The Bertz CT molecular complexity index is 503. The number of carbonyl (C=O) groups is 2. The van der Waals surface area contributed by atoms with Crippen molar-refractivity contribution in [2.75, 3.05) is 13.1 Å². The van der Waals surface area contributed by atoms with Gasteiger partial charge in [-0.3, -0.25) is 9.59 Å². The molecule has 0 spiro atoms. The summed E-state index contributed by atoms with van der Waals surface area (Å²) in [5, 5.41) is 5.30. The van der Waals surface area contributed by atoms with Crippen LogP contribution >= 0.6 is 12.2 Å². The van der Waals surface area contributed by atoms with Crippen LogP contribution < -0.4 is 16.4 Å². The molecule has 5 nitrogen and oxygen atoms in total. The van der Waals surface area contributed by atoms with Crippen LogP contribution in [-0.2, 0) is 9.59 Å². The highest BCUT2D eigenvalue weighted by atomic mass is 32.1. The third-order valence-corrected chi connectivity index (χ3v) is 3.05. The molecule has 114 valence electrons. The van der Waals surface area contributed by atoms with Crippen molar-refractivity contribution in [1.82, 2.24) is 10.6 Å². The summed E-state index contributed by atoms with van der Waals surface area (Å²) >= 11 is 4.96. The van der Waals surface area contributed by atoms with E-state index in [2.05, 4.69) is 10.6 Å². The van der Waals surface area contributed by atoms with Crippen molar-refractivity contribution >= 4 is 29.0 Å². The summed E-state index contributed by atoms with van der Waals surface area (Å²) in [7, 11) is 0. The van der Waals surface area contributed by atoms with Crippen LogP contribution in [0.2, 0.25) is 0 Å². The topological polar surface area (TPSA) is 84.2 Å². The molecule has 0 aliphatic rings. The second-order valence-corrected chi connectivity index (χ2v) is 5.63. The van der Waals surface area contributed by atoms with Gasteiger partial charge >= 0.3 is 0 Å². The van der Waals surface area contributed by atoms with Crippen molar-refractivity contribution in [3.8, 4) is 0 Å². The molecule has 2 amide bonds. The predicted molar refractivity (Wildman–Crippen MR) is 86.8 cm³/mol. The van der Waals surface area contributed by atoms with Gasteiger partial charge in [-0.1, -0.05) is 56.4 Å². The van der Waals surface area contributed by atoms with Crippen LogP contribution in [0.5, 0.6) is 0 Å². The Labute approximate surface area is 130 Å². The maximum Gasteiger partial charge on any atom is 0.239 e. The Morgan fingerprint density at radius 2 is 1.81 bits per heavy atom. The van der Waals surface area contributed by atoms with Gasteiger partial charge in [0.15, 0.2) is 0 Å². The van der Waals surface area contributed by atoms with Gasteiger partial charge < -0.3 is 16.4 Å². The number of hydrogen-bond acceptors (Lipinski definition) is 3. The maximum absolute atomic E-state index is 12.2. The molecule has 0 aromatic heterocycles. The number of thiocarbonyl (C=S) groups is 1. The first-order valence-electron chi connectivity index (χ1n) is 6.80. The number of hydrogen-bond donors (Lipinski definition) is 3. The van der Waals surface area contributed by atoms with Gasteiger partial charge in [-0.25, -0.2) is 0 Å². The lowest BCUT2D eigenvalue weighted by atomic mass is 9.98. The van der Waals surface area contributed by atoms with Gasteiger partial charge in [0.05, 0.1) is 11.5 Å². The molecule has 0 radical (unpaired) electrons. The normalized spacial score (nSPS) is 11.8. The van der Waals surface area contributed by atoms with Crippen molar-refractivity contribution in [1.29, 1.82) is 0 Å². The molecule has 1 rings (SSSR count). The van der Waals surface area contributed by atoms with Crippen LogP contribution in [-0.4, -0.2) is 29.9 Å². The van der Waals surface area contributed by atoms with Crippen LogP contribution in [0.3, 0.4) is 0 Å². The van der Waals surface area contributed by atoms with E-state index in [9.17, 15) is 9.59 Å². The summed E-state index contributed by atoms with van der Waals surface area (Å²) in [6.45, 7) is 4.48. The Kier molecular flexibility index (Phi) is 6.81. The number of nitrogens with two attached hydrogens (primary N) is 1. The first-order valence-corrected chi connectivity index (χ1v) is 7.21. The van der Waals surface area contributed by atoms with Gasteiger partial charge in [0.1, 0.15) is 5.92 Å². The number of nitrogens with one attached hydrogen (secondary N) is 2. The average Bonchev–Trinajstić information content (AvgIpc) is 2.43. The summed E-state index contributed by atoms with van der Waals surface area (Å²) in [5.41, 5.74) is 6.36. The van der Waals surface area contributed by atoms with E-state index >= 15 is 0 Å². The smallest absolute Gasteiger partial charge is 0.239 e. The molecule has 0 saturated carbocycles. The fourth-order valence-corrected chi connectivity index (χ4v) is 1.98. The van der Waals surface area contributed by atoms with E-state index < -0.39 is 5.92 Å². The van der Waals surface area contributed by atoms with Gasteiger partial charge in [-0.15, -0.1) is 0 Å². The summed E-state index contributed by atoms with van der Waals surface area (Å²) in [4.78, 5) is 23.8. The fourth-order valence-electron chi connectivity index (χ4n) is 1.74. The molecule has 1 aromatic carbocycles. The minimum Gasteiger partial charge on any atom is -0.392 e. The lowest BCUT2D eigenvalue weighted by Crippen LogP contribution is -2.42. The number of carbonyl (C=O) groups excluding carboxylic acids is 2. The molecular weight excluding hydrogens is 286 g/mol. The molecule has 0 heterocycles. The molecule has 0 fully saturated rings. The number of benzene rings is 1. The van der Waals surface area contributed by atoms with Crippen molar-refractivity contribution in [3.05, 3.63) is 35.9 Å². The molecule has 0 saturated heterocycles. The highest BCUT2D eigenvalue weighted by Crippen LogP contribution is 2.15. The van der Waals surface area contributed by atoms with Crippen molar-refractivity contribution < 1.29 is 9.59 Å². The third kappa shape index (κ3) is 5.91. The second kappa shape index (κ2) is 8.36. The summed E-state index contributed by atoms with van der Waals surface area (Å²) < 4.78 is 0. The highest BCUT2D eigenvalue weighted by Gasteiger charge is 2.23. The molecule has 1 unspecified atom stereocenters. The maximum atomic E-state index is 12.2. The third-order valence-electron chi connectivity index (χ3n) is 2.81. The van der Waals surface area contributed by atoms with Crippen molar-refractivity contribution in [3.63, 3.8) is 0 Å². The van der Waals surface area contributed by atoms with Crippen LogP contribution in [0.1, 0.15) is 25.3 Å². The minimum absolute atomic E-state index is 0.0845. The van der Waals surface area contributed by atoms with E-state index in [-0.39, 0.29) is 23.3 Å². The minimum atomic E-state index is -0.723. The van der Waals surface area contributed by atoms with E-state index in [4.69, 9.17) is 18.0 Å². The van der Waals surface area contributed by atoms with E-state index in [1.807, 2.05) is 32.0 Å². The summed E-state index contributed by atoms with van der Waals surface area (Å²) in [6.07, 6.45) is 0. The monoisotopic (exact) mass is 307 g/mol.